The Kier molecular flexibility index (Phi) is 4.29. The topological polar surface area (TPSA) is 60.1 Å². The Morgan fingerprint density at radius 2 is 1.67 bits per heavy atom. The molecule has 0 bridgehead atoms. The van der Waals surface area contributed by atoms with Gasteiger partial charge in [0.2, 0.25) is 0 Å². The third kappa shape index (κ3) is 2.83. The number of fused-ring (bicyclic) bond motifs is 2. The molecule has 6 heteroatoms. The predicted octanol–water partition coefficient (Wildman–Crippen LogP) is 2.91. The molecule has 3 unspecified atom stereocenters. The maximum atomic E-state index is 13.3. The summed E-state index contributed by atoms with van der Waals surface area (Å²) in [5.74, 6) is 1.06. The van der Waals surface area contributed by atoms with Crippen LogP contribution in [0.3, 0.4) is 0 Å². The van der Waals surface area contributed by atoms with Crippen molar-refractivity contribution in [2.75, 3.05) is 19.1 Å². The second kappa shape index (κ2) is 6.51. The molecular formula is C21H26N4O2. The predicted molar refractivity (Wildman–Crippen MR) is 109 cm³/mol. The average Bonchev–Trinajstić information content (AvgIpc) is 2.64. The molecule has 27 heavy (non-hydrogen) atoms. The van der Waals surface area contributed by atoms with Crippen LogP contribution in [-0.2, 0) is 0 Å². The summed E-state index contributed by atoms with van der Waals surface area (Å²) in [6.45, 7) is 4.50. The first-order valence-electron chi connectivity index (χ1n) is 9.63. The van der Waals surface area contributed by atoms with E-state index < -0.39 is 0 Å². The number of hydrogen-bond donors (Lipinski definition) is 0. The fourth-order valence-electron chi connectivity index (χ4n) is 4.35. The van der Waals surface area contributed by atoms with E-state index in [4.69, 9.17) is 0 Å². The summed E-state index contributed by atoms with van der Waals surface area (Å²) in [5.41, 5.74) is 1.04. The van der Waals surface area contributed by atoms with Crippen molar-refractivity contribution in [1.82, 2.24) is 14.2 Å². The fraction of sp³-hybridized carbons (Fsp3) is 0.476. The van der Waals surface area contributed by atoms with Crippen LogP contribution >= 0.6 is 0 Å². The Morgan fingerprint density at radius 3 is 2.37 bits per heavy atom. The highest BCUT2D eigenvalue weighted by Gasteiger charge is 2.29. The molecule has 4 rings (SSSR count). The number of hydrogen-bond acceptors (Lipinski definition) is 4. The molecule has 3 heterocycles. The second-order valence-corrected chi connectivity index (χ2v) is 8.03. The van der Waals surface area contributed by atoms with Gasteiger partial charge in [-0.05, 0) is 36.5 Å². The zero-order valence-electron chi connectivity index (χ0n) is 16.3. The molecule has 0 spiro atoms. The van der Waals surface area contributed by atoms with Gasteiger partial charge in [0.1, 0.15) is 0 Å². The van der Waals surface area contributed by atoms with Gasteiger partial charge in [-0.3, -0.25) is 9.59 Å². The van der Waals surface area contributed by atoms with Crippen LogP contribution in [0.2, 0.25) is 0 Å². The minimum absolute atomic E-state index is 0.0486. The molecule has 0 radical (unpaired) electrons. The van der Waals surface area contributed by atoms with Crippen molar-refractivity contribution in [3.05, 3.63) is 51.3 Å². The lowest BCUT2D eigenvalue weighted by atomic mass is 9.78. The third-order valence-corrected chi connectivity index (χ3v) is 6.20. The lowest BCUT2D eigenvalue weighted by molar-refractivity contribution is 0.183. The molecule has 1 saturated carbocycles. The Bertz CT molecular complexity index is 1130. The Balaban J connectivity index is 1.94. The van der Waals surface area contributed by atoms with Crippen LogP contribution in [0.25, 0.3) is 21.8 Å². The summed E-state index contributed by atoms with van der Waals surface area (Å²) >= 11 is 0. The molecular weight excluding hydrogens is 340 g/mol. The van der Waals surface area contributed by atoms with Gasteiger partial charge in [-0.1, -0.05) is 26.7 Å². The van der Waals surface area contributed by atoms with Crippen molar-refractivity contribution in [1.29, 1.82) is 0 Å². The molecule has 6 nitrogen and oxygen atoms in total. The average molecular weight is 366 g/mol. The highest BCUT2D eigenvalue weighted by molar-refractivity contribution is 5.91. The van der Waals surface area contributed by atoms with Crippen molar-refractivity contribution in [3.63, 3.8) is 0 Å². The van der Waals surface area contributed by atoms with Crippen LogP contribution in [0.4, 0.5) is 0 Å². The van der Waals surface area contributed by atoms with Crippen molar-refractivity contribution in [2.24, 2.45) is 11.8 Å². The molecule has 0 aromatic carbocycles. The van der Waals surface area contributed by atoms with Gasteiger partial charge in [0, 0.05) is 32.5 Å². The third-order valence-electron chi connectivity index (χ3n) is 6.20. The Morgan fingerprint density at radius 1 is 1.00 bits per heavy atom. The van der Waals surface area contributed by atoms with Gasteiger partial charge >= 0.3 is 0 Å². The van der Waals surface area contributed by atoms with Crippen LogP contribution in [0.1, 0.15) is 39.2 Å². The van der Waals surface area contributed by atoms with Crippen LogP contribution in [0, 0.1) is 11.8 Å². The first-order chi connectivity index (χ1) is 12.9. The quantitative estimate of drug-likeness (QED) is 0.655. The van der Waals surface area contributed by atoms with Crippen LogP contribution in [0.15, 0.2) is 40.2 Å². The maximum Gasteiger partial charge on any atom is 0.278 e. The lowest BCUT2D eigenvalue weighted by Gasteiger charge is -2.35. The number of rotatable bonds is 2. The number of pyridine rings is 3. The summed E-state index contributed by atoms with van der Waals surface area (Å²) in [6, 6.07) is 5.64. The first-order valence-corrected chi connectivity index (χ1v) is 9.63. The van der Waals surface area contributed by atoms with Crippen LogP contribution < -0.4 is 16.1 Å². The monoisotopic (exact) mass is 366 g/mol. The zero-order chi connectivity index (χ0) is 19.3. The highest BCUT2D eigenvalue weighted by atomic mass is 16.1. The molecule has 1 aliphatic rings. The summed E-state index contributed by atoms with van der Waals surface area (Å²) in [4.78, 5) is 30.6. The summed E-state index contributed by atoms with van der Waals surface area (Å²) in [5, 5.41) is 2.70. The van der Waals surface area contributed by atoms with E-state index in [0.717, 1.165) is 12.8 Å². The molecule has 3 atom stereocenters. The van der Waals surface area contributed by atoms with Gasteiger partial charge in [0.25, 0.3) is 11.1 Å². The number of aromatic nitrogens is 3. The van der Waals surface area contributed by atoms with E-state index in [1.807, 2.05) is 22.9 Å². The van der Waals surface area contributed by atoms with Crippen molar-refractivity contribution in [2.45, 2.75) is 39.2 Å². The van der Waals surface area contributed by atoms with E-state index in [2.05, 4.69) is 18.8 Å². The van der Waals surface area contributed by atoms with E-state index in [0.29, 0.717) is 33.6 Å². The van der Waals surface area contributed by atoms with Gasteiger partial charge in [0.05, 0.1) is 21.8 Å². The van der Waals surface area contributed by atoms with E-state index in [1.54, 1.807) is 31.4 Å². The maximum absolute atomic E-state index is 13.3. The number of nitrogens with zero attached hydrogens (tertiary/aromatic N) is 4. The minimum Gasteiger partial charge on any atom is -0.316 e. The summed E-state index contributed by atoms with van der Waals surface area (Å²) in [6.07, 6.45) is 6.96. The Labute approximate surface area is 158 Å². The van der Waals surface area contributed by atoms with E-state index in [-0.39, 0.29) is 17.2 Å². The van der Waals surface area contributed by atoms with Crippen molar-refractivity contribution >= 4 is 21.8 Å². The van der Waals surface area contributed by atoms with E-state index in [9.17, 15) is 9.59 Å². The standard InChI is InChI=1S/C21H26N4O2/c1-13-6-5-7-19(14(13)2)24-10-8-17-15(20(24)26)12-16-18(22-17)9-11-25(21(16)27)23(3)4/h8-14,19H,5-7H2,1-4H3. The zero-order valence-corrected chi connectivity index (χ0v) is 16.3. The molecule has 1 fully saturated rings. The van der Waals surface area contributed by atoms with Gasteiger partial charge < -0.3 is 9.58 Å². The molecule has 142 valence electrons. The summed E-state index contributed by atoms with van der Waals surface area (Å²) < 4.78 is 3.38. The van der Waals surface area contributed by atoms with E-state index >= 15 is 0 Å². The molecule has 0 amide bonds. The SMILES string of the molecule is CC1CCCC(n2ccc3nc4ccn(N(C)C)c(=O)c4cc3c2=O)C1C. The smallest absolute Gasteiger partial charge is 0.278 e. The molecule has 3 aromatic rings. The van der Waals surface area contributed by atoms with Gasteiger partial charge in [-0.15, -0.1) is 0 Å². The fourth-order valence-corrected chi connectivity index (χ4v) is 4.35. The van der Waals surface area contributed by atoms with Gasteiger partial charge in [0.15, 0.2) is 0 Å². The molecule has 0 saturated heterocycles. The molecule has 0 N–H and O–H groups in total. The largest absolute Gasteiger partial charge is 0.316 e. The van der Waals surface area contributed by atoms with Crippen molar-refractivity contribution in [3.8, 4) is 0 Å². The Hall–Kier alpha value is -2.63. The van der Waals surface area contributed by atoms with Gasteiger partial charge in [-0.2, -0.15) is 0 Å². The van der Waals surface area contributed by atoms with E-state index in [1.165, 1.54) is 11.1 Å². The van der Waals surface area contributed by atoms with Gasteiger partial charge in [-0.25, -0.2) is 9.66 Å². The second-order valence-electron chi connectivity index (χ2n) is 8.03. The van der Waals surface area contributed by atoms with Crippen LogP contribution in [0.5, 0.6) is 0 Å². The lowest BCUT2D eigenvalue weighted by Crippen LogP contribution is -2.35. The molecule has 0 aliphatic heterocycles. The molecule has 3 aromatic heterocycles. The first kappa shape index (κ1) is 17.8. The minimum atomic E-state index is -0.165. The summed E-state index contributed by atoms with van der Waals surface area (Å²) in [7, 11) is 3.61. The van der Waals surface area contributed by atoms with Crippen LogP contribution in [-0.4, -0.2) is 28.3 Å². The highest BCUT2D eigenvalue weighted by Crippen LogP contribution is 2.37. The van der Waals surface area contributed by atoms with Crippen molar-refractivity contribution < 1.29 is 0 Å². The molecule has 1 aliphatic carbocycles. The normalized spacial score (nSPS) is 23.0.